The molecule has 1 aliphatic rings. The van der Waals surface area contributed by atoms with Gasteiger partial charge in [0.2, 0.25) is 5.91 Å². The number of nitrogens with zero attached hydrogens (tertiary/aromatic N) is 1. The molecule has 1 aromatic rings. The molecule has 1 aliphatic heterocycles. The number of benzene rings is 1. The maximum absolute atomic E-state index is 13.0. The molecule has 0 unspecified atom stereocenters. The molecule has 0 spiro atoms. The summed E-state index contributed by atoms with van der Waals surface area (Å²) in [5, 5.41) is 12.2. The van der Waals surface area contributed by atoms with E-state index >= 15 is 0 Å². The monoisotopic (exact) mass is 300 g/mol. The summed E-state index contributed by atoms with van der Waals surface area (Å²) in [6.07, 6.45) is 1.83. The van der Waals surface area contributed by atoms with Gasteiger partial charge in [-0.05, 0) is 37.6 Å². The van der Waals surface area contributed by atoms with Crippen LogP contribution in [0.2, 0.25) is 5.02 Å². The topological polar surface area (TPSA) is 52.6 Å². The summed E-state index contributed by atoms with van der Waals surface area (Å²) >= 11 is 5.65. The standard InChI is InChI=1S/C14H18ClFN2O2/c15-12-8-10(3-4-13(12)16)17-14(20)5-7-18-6-1-2-11(19)9-18/h3-4,8,11,19H,1-2,5-7,9H2,(H,17,20)/t11-/m1/s1. The first-order chi connectivity index (χ1) is 9.54. The van der Waals surface area contributed by atoms with Crippen molar-refractivity contribution in [1.82, 2.24) is 4.90 Å². The van der Waals surface area contributed by atoms with E-state index in [1.54, 1.807) is 0 Å². The number of carbonyl (C=O) groups is 1. The summed E-state index contributed by atoms with van der Waals surface area (Å²) in [7, 11) is 0. The average Bonchev–Trinajstić information content (AvgIpc) is 2.41. The lowest BCUT2D eigenvalue weighted by molar-refractivity contribution is -0.116. The fourth-order valence-electron chi connectivity index (χ4n) is 2.29. The molecule has 0 aromatic heterocycles. The van der Waals surface area contributed by atoms with Crippen molar-refractivity contribution in [3.05, 3.63) is 29.0 Å². The van der Waals surface area contributed by atoms with Crippen molar-refractivity contribution in [2.75, 3.05) is 25.0 Å². The molecule has 1 heterocycles. The first-order valence-electron chi connectivity index (χ1n) is 6.70. The third-order valence-electron chi connectivity index (χ3n) is 3.34. The van der Waals surface area contributed by atoms with E-state index in [2.05, 4.69) is 10.2 Å². The molecule has 2 N–H and O–H groups in total. The summed E-state index contributed by atoms with van der Waals surface area (Å²) in [6.45, 7) is 2.14. The maximum Gasteiger partial charge on any atom is 0.225 e. The van der Waals surface area contributed by atoms with Crippen LogP contribution >= 0.6 is 11.6 Å². The van der Waals surface area contributed by atoms with Gasteiger partial charge in [-0.3, -0.25) is 4.79 Å². The van der Waals surface area contributed by atoms with E-state index in [9.17, 15) is 14.3 Å². The van der Waals surface area contributed by atoms with E-state index in [-0.39, 0.29) is 17.0 Å². The molecule has 1 saturated heterocycles. The van der Waals surface area contributed by atoms with Gasteiger partial charge < -0.3 is 15.3 Å². The number of rotatable bonds is 4. The number of hydrogen-bond acceptors (Lipinski definition) is 3. The Kier molecular flexibility index (Phi) is 5.34. The SMILES string of the molecule is O=C(CCN1CCC[C@@H](O)C1)Nc1ccc(F)c(Cl)c1. The third-order valence-corrected chi connectivity index (χ3v) is 3.63. The molecule has 0 saturated carbocycles. The number of anilines is 1. The molecule has 4 nitrogen and oxygen atoms in total. The Balaban J connectivity index is 1.78. The lowest BCUT2D eigenvalue weighted by Crippen LogP contribution is -2.39. The predicted molar refractivity (Wildman–Crippen MR) is 76.3 cm³/mol. The molecule has 20 heavy (non-hydrogen) atoms. The van der Waals surface area contributed by atoms with E-state index < -0.39 is 5.82 Å². The first-order valence-corrected chi connectivity index (χ1v) is 7.08. The number of β-amino-alcohol motifs (C(OH)–C–C–N with tert-alkyl or cyclic N) is 1. The molecule has 1 fully saturated rings. The Morgan fingerprint density at radius 1 is 1.55 bits per heavy atom. The highest BCUT2D eigenvalue weighted by Crippen LogP contribution is 2.19. The van der Waals surface area contributed by atoms with Gasteiger partial charge in [0, 0.05) is 25.2 Å². The minimum atomic E-state index is -0.507. The van der Waals surface area contributed by atoms with Crippen molar-refractivity contribution in [3.63, 3.8) is 0 Å². The lowest BCUT2D eigenvalue weighted by atomic mass is 10.1. The Hall–Kier alpha value is -1.17. The van der Waals surface area contributed by atoms with Crippen LogP contribution in [-0.4, -0.2) is 41.7 Å². The van der Waals surface area contributed by atoms with Crippen LogP contribution in [0.5, 0.6) is 0 Å². The van der Waals surface area contributed by atoms with E-state index in [0.717, 1.165) is 19.4 Å². The summed E-state index contributed by atoms with van der Waals surface area (Å²) in [4.78, 5) is 13.9. The van der Waals surface area contributed by atoms with Gasteiger partial charge in [-0.2, -0.15) is 0 Å². The highest BCUT2D eigenvalue weighted by atomic mass is 35.5. The number of amides is 1. The minimum Gasteiger partial charge on any atom is -0.392 e. The first kappa shape index (κ1) is 15.2. The normalized spacial score (nSPS) is 19.9. The lowest BCUT2D eigenvalue weighted by Gasteiger charge is -2.29. The Morgan fingerprint density at radius 3 is 3.05 bits per heavy atom. The van der Waals surface area contributed by atoms with E-state index in [1.807, 2.05) is 0 Å². The van der Waals surface area contributed by atoms with Crippen LogP contribution in [0, 0.1) is 5.82 Å². The summed E-state index contributed by atoms with van der Waals surface area (Å²) in [6, 6.07) is 4.09. The van der Waals surface area contributed by atoms with Crippen LogP contribution < -0.4 is 5.32 Å². The number of aliphatic hydroxyl groups is 1. The molecule has 1 aromatic carbocycles. The number of piperidine rings is 1. The van der Waals surface area contributed by atoms with Gasteiger partial charge in [-0.1, -0.05) is 11.6 Å². The zero-order valence-electron chi connectivity index (χ0n) is 11.1. The van der Waals surface area contributed by atoms with Crippen LogP contribution in [0.4, 0.5) is 10.1 Å². The Labute approximate surface area is 122 Å². The fraction of sp³-hybridized carbons (Fsp3) is 0.500. The second-order valence-corrected chi connectivity index (χ2v) is 5.43. The van der Waals surface area contributed by atoms with Gasteiger partial charge in [-0.15, -0.1) is 0 Å². The van der Waals surface area contributed by atoms with Gasteiger partial charge in [0.05, 0.1) is 11.1 Å². The zero-order chi connectivity index (χ0) is 14.5. The summed E-state index contributed by atoms with van der Waals surface area (Å²) < 4.78 is 13.0. The smallest absolute Gasteiger partial charge is 0.225 e. The molecular formula is C14H18ClFN2O2. The van der Waals surface area contributed by atoms with E-state index in [4.69, 9.17) is 11.6 Å². The Morgan fingerprint density at radius 2 is 2.35 bits per heavy atom. The maximum atomic E-state index is 13.0. The van der Waals surface area contributed by atoms with Crippen molar-refractivity contribution in [1.29, 1.82) is 0 Å². The summed E-state index contributed by atoms with van der Waals surface area (Å²) in [5.74, 6) is -0.653. The molecule has 0 radical (unpaired) electrons. The van der Waals surface area contributed by atoms with Gasteiger partial charge in [0.25, 0.3) is 0 Å². The number of hydrogen-bond donors (Lipinski definition) is 2. The third kappa shape index (κ3) is 4.44. The number of aliphatic hydroxyl groups excluding tert-OH is 1. The van der Waals surface area contributed by atoms with Crippen LogP contribution in [0.15, 0.2) is 18.2 Å². The molecule has 6 heteroatoms. The highest BCUT2D eigenvalue weighted by Gasteiger charge is 2.18. The molecule has 1 amide bonds. The largest absolute Gasteiger partial charge is 0.392 e. The van der Waals surface area contributed by atoms with Crippen molar-refractivity contribution in [2.45, 2.75) is 25.4 Å². The van der Waals surface area contributed by atoms with E-state index in [0.29, 0.717) is 25.2 Å². The molecule has 110 valence electrons. The van der Waals surface area contributed by atoms with Crippen LogP contribution in [0.1, 0.15) is 19.3 Å². The van der Waals surface area contributed by atoms with Crippen molar-refractivity contribution in [3.8, 4) is 0 Å². The second-order valence-electron chi connectivity index (χ2n) is 5.02. The van der Waals surface area contributed by atoms with Crippen molar-refractivity contribution in [2.24, 2.45) is 0 Å². The number of carbonyl (C=O) groups excluding carboxylic acids is 1. The van der Waals surface area contributed by atoms with Gasteiger partial charge in [0.15, 0.2) is 0 Å². The molecule has 2 rings (SSSR count). The van der Waals surface area contributed by atoms with Crippen molar-refractivity contribution >= 4 is 23.2 Å². The molecule has 0 aliphatic carbocycles. The minimum absolute atomic E-state index is 0.0121. The molecular weight excluding hydrogens is 283 g/mol. The fourth-order valence-corrected chi connectivity index (χ4v) is 2.47. The average molecular weight is 301 g/mol. The number of likely N-dealkylation sites (tertiary alicyclic amines) is 1. The second kappa shape index (κ2) is 7.02. The van der Waals surface area contributed by atoms with Gasteiger partial charge >= 0.3 is 0 Å². The number of halogens is 2. The molecule has 0 bridgehead atoms. The predicted octanol–water partition coefficient (Wildman–Crippen LogP) is 2.26. The van der Waals surface area contributed by atoms with Crippen LogP contribution in [0.25, 0.3) is 0 Å². The highest BCUT2D eigenvalue weighted by molar-refractivity contribution is 6.31. The summed E-state index contributed by atoms with van der Waals surface area (Å²) in [5.41, 5.74) is 0.486. The van der Waals surface area contributed by atoms with Gasteiger partial charge in [0.1, 0.15) is 5.82 Å². The zero-order valence-corrected chi connectivity index (χ0v) is 11.9. The molecule has 1 atom stereocenters. The number of nitrogens with one attached hydrogen (secondary N) is 1. The van der Waals surface area contributed by atoms with Gasteiger partial charge in [-0.25, -0.2) is 4.39 Å². The van der Waals surface area contributed by atoms with Crippen LogP contribution in [-0.2, 0) is 4.79 Å². The quantitative estimate of drug-likeness (QED) is 0.897. The Bertz CT molecular complexity index is 484. The van der Waals surface area contributed by atoms with E-state index in [1.165, 1.54) is 18.2 Å². The van der Waals surface area contributed by atoms with Crippen LogP contribution in [0.3, 0.4) is 0 Å². The van der Waals surface area contributed by atoms with Crippen molar-refractivity contribution < 1.29 is 14.3 Å².